The van der Waals surface area contributed by atoms with Gasteiger partial charge in [0.2, 0.25) is 0 Å². The summed E-state index contributed by atoms with van der Waals surface area (Å²) in [6, 6.07) is 1.98. The zero-order valence-corrected chi connectivity index (χ0v) is 8.13. The molecule has 0 fully saturated rings. The fraction of sp³-hybridized carbons (Fsp3) is 0.667. The van der Waals surface area contributed by atoms with E-state index in [1.807, 2.05) is 25.1 Å². The number of aliphatic hydroxyl groups is 1. The van der Waals surface area contributed by atoms with Gasteiger partial charge < -0.3 is 10.0 Å². The van der Waals surface area contributed by atoms with Gasteiger partial charge >= 0.3 is 0 Å². The molecule has 0 rings (SSSR count). The fourth-order valence-corrected chi connectivity index (χ4v) is 0.706. The van der Waals surface area contributed by atoms with E-state index in [9.17, 15) is 5.11 Å². The van der Waals surface area contributed by atoms with Gasteiger partial charge in [0.05, 0.1) is 17.2 Å². The van der Waals surface area contributed by atoms with Gasteiger partial charge in [-0.25, -0.2) is 0 Å². The summed E-state index contributed by atoms with van der Waals surface area (Å²) >= 11 is 0. The molecule has 0 spiro atoms. The van der Waals surface area contributed by atoms with Crippen molar-refractivity contribution in [3.63, 3.8) is 0 Å². The van der Waals surface area contributed by atoms with Gasteiger partial charge in [-0.1, -0.05) is 6.08 Å². The number of hydrogen-bond donors (Lipinski definition) is 1. The number of rotatable bonds is 3. The van der Waals surface area contributed by atoms with E-state index in [0.29, 0.717) is 12.1 Å². The number of likely N-dealkylation sites (N-methyl/N-ethyl adjacent to an activating group) is 1. The van der Waals surface area contributed by atoms with Crippen LogP contribution in [-0.4, -0.2) is 36.2 Å². The van der Waals surface area contributed by atoms with E-state index >= 15 is 0 Å². The molecule has 0 aliphatic rings. The van der Waals surface area contributed by atoms with Crippen molar-refractivity contribution >= 4 is 0 Å². The SMILES string of the molecule is CN(C)C/C=C(\C#N)C(C)(C)O. The minimum atomic E-state index is -1.02. The molecule has 1 N–H and O–H groups in total. The van der Waals surface area contributed by atoms with E-state index in [1.165, 1.54) is 0 Å². The number of hydrogen-bond acceptors (Lipinski definition) is 3. The van der Waals surface area contributed by atoms with Crippen molar-refractivity contribution in [1.29, 1.82) is 5.26 Å². The third-order valence-corrected chi connectivity index (χ3v) is 1.44. The van der Waals surface area contributed by atoms with Gasteiger partial charge in [-0.05, 0) is 27.9 Å². The summed E-state index contributed by atoms with van der Waals surface area (Å²) in [5.41, 5.74) is -0.610. The van der Waals surface area contributed by atoms with Crippen molar-refractivity contribution in [2.75, 3.05) is 20.6 Å². The van der Waals surface area contributed by atoms with E-state index < -0.39 is 5.60 Å². The van der Waals surface area contributed by atoms with Crippen molar-refractivity contribution < 1.29 is 5.11 Å². The van der Waals surface area contributed by atoms with Crippen LogP contribution in [0.3, 0.4) is 0 Å². The normalized spacial score (nSPS) is 13.2. The maximum atomic E-state index is 9.48. The minimum absolute atomic E-state index is 0.413. The van der Waals surface area contributed by atoms with Crippen molar-refractivity contribution in [2.24, 2.45) is 0 Å². The molecule has 0 heterocycles. The third kappa shape index (κ3) is 4.12. The molecule has 0 aliphatic heterocycles. The molecule has 0 bridgehead atoms. The van der Waals surface area contributed by atoms with Crippen LogP contribution in [0.2, 0.25) is 0 Å². The summed E-state index contributed by atoms with van der Waals surface area (Å²) in [6.07, 6.45) is 1.74. The average molecular weight is 168 g/mol. The smallest absolute Gasteiger partial charge is 0.0974 e. The highest BCUT2D eigenvalue weighted by Crippen LogP contribution is 2.13. The Kier molecular flexibility index (Phi) is 3.94. The van der Waals surface area contributed by atoms with Crippen LogP contribution in [0, 0.1) is 11.3 Å². The van der Waals surface area contributed by atoms with Crippen molar-refractivity contribution in [3.05, 3.63) is 11.6 Å². The number of nitriles is 1. The molecule has 3 heteroatoms. The second-order valence-electron chi connectivity index (χ2n) is 3.55. The maximum Gasteiger partial charge on any atom is 0.0974 e. The lowest BCUT2D eigenvalue weighted by atomic mass is 9.99. The molecule has 0 amide bonds. The van der Waals surface area contributed by atoms with Gasteiger partial charge in [-0.2, -0.15) is 5.26 Å². The molecule has 0 atom stereocenters. The van der Waals surface area contributed by atoms with Gasteiger partial charge in [0.25, 0.3) is 0 Å². The molecule has 0 saturated carbocycles. The molecular formula is C9H16N2O. The summed E-state index contributed by atoms with van der Waals surface area (Å²) in [6.45, 7) is 3.89. The van der Waals surface area contributed by atoms with Crippen LogP contribution < -0.4 is 0 Å². The maximum absolute atomic E-state index is 9.48. The van der Waals surface area contributed by atoms with Crippen LogP contribution in [0.15, 0.2) is 11.6 Å². The Morgan fingerprint density at radius 2 is 2.08 bits per heavy atom. The van der Waals surface area contributed by atoms with Gasteiger partial charge in [-0.15, -0.1) is 0 Å². The van der Waals surface area contributed by atoms with Gasteiger partial charge in [0.15, 0.2) is 0 Å². The molecule has 0 aliphatic carbocycles. The van der Waals surface area contributed by atoms with Crippen LogP contribution in [0.5, 0.6) is 0 Å². The molecular weight excluding hydrogens is 152 g/mol. The Labute approximate surface area is 73.9 Å². The van der Waals surface area contributed by atoms with E-state index in [2.05, 4.69) is 0 Å². The van der Waals surface area contributed by atoms with Gasteiger partial charge in [0.1, 0.15) is 0 Å². The molecule has 68 valence electrons. The second-order valence-corrected chi connectivity index (χ2v) is 3.55. The van der Waals surface area contributed by atoms with E-state index in [0.717, 1.165) is 0 Å². The molecule has 3 nitrogen and oxygen atoms in total. The highest BCUT2D eigenvalue weighted by Gasteiger charge is 2.18. The zero-order chi connectivity index (χ0) is 9.78. The third-order valence-electron chi connectivity index (χ3n) is 1.44. The van der Waals surface area contributed by atoms with Crippen LogP contribution in [0.4, 0.5) is 0 Å². The molecule has 12 heavy (non-hydrogen) atoms. The summed E-state index contributed by atoms with van der Waals surface area (Å²) in [5, 5.41) is 18.2. The van der Waals surface area contributed by atoms with Crippen molar-refractivity contribution in [1.82, 2.24) is 4.90 Å². The molecule has 0 aromatic carbocycles. The van der Waals surface area contributed by atoms with E-state index in [4.69, 9.17) is 5.26 Å². The summed E-state index contributed by atoms with van der Waals surface area (Å²) < 4.78 is 0. The first-order valence-corrected chi connectivity index (χ1v) is 3.85. The van der Waals surface area contributed by atoms with Crippen LogP contribution in [0.1, 0.15) is 13.8 Å². The molecule has 0 aromatic heterocycles. The summed E-state index contributed by atoms with van der Waals surface area (Å²) in [5.74, 6) is 0. The largest absolute Gasteiger partial charge is 0.385 e. The van der Waals surface area contributed by atoms with Crippen molar-refractivity contribution in [2.45, 2.75) is 19.4 Å². The monoisotopic (exact) mass is 168 g/mol. The molecule has 0 radical (unpaired) electrons. The minimum Gasteiger partial charge on any atom is -0.385 e. The Morgan fingerprint density at radius 3 is 2.33 bits per heavy atom. The standard InChI is InChI=1S/C9H16N2O/c1-9(2,12)8(7-10)5-6-11(3)4/h5,12H,6H2,1-4H3/b8-5+. The Hall–Kier alpha value is -0.850. The molecule has 0 saturated heterocycles. The van der Waals surface area contributed by atoms with E-state index in [-0.39, 0.29) is 0 Å². The number of nitrogens with zero attached hydrogens (tertiary/aromatic N) is 2. The van der Waals surface area contributed by atoms with Crippen LogP contribution >= 0.6 is 0 Å². The highest BCUT2D eigenvalue weighted by atomic mass is 16.3. The van der Waals surface area contributed by atoms with Crippen molar-refractivity contribution in [3.8, 4) is 6.07 Å². The van der Waals surface area contributed by atoms with Crippen LogP contribution in [-0.2, 0) is 0 Å². The average Bonchev–Trinajstić information content (AvgIpc) is 1.85. The first-order valence-electron chi connectivity index (χ1n) is 3.85. The molecule has 0 aromatic rings. The lowest BCUT2D eigenvalue weighted by molar-refractivity contribution is 0.124. The first kappa shape index (κ1) is 11.2. The lowest BCUT2D eigenvalue weighted by Crippen LogP contribution is -2.22. The van der Waals surface area contributed by atoms with Gasteiger partial charge in [-0.3, -0.25) is 0 Å². The zero-order valence-electron chi connectivity index (χ0n) is 8.13. The lowest BCUT2D eigenvalue weighted by Gasteiger charge is -2.16. The Balaban J connectivity index is 4.38. The van der Waals surface area contributed by atoms with Gasteiger partial charge in [0, 0.05) is 6.54 Å². The highest BCUT2D eigenvalue weighted by molar-refractivity contribution is 5.29. The summed E-state index contributed by atoms with van der Waals surface area (Å²) in [4.78, 5) is 1.93. The predicted molar refractivity (Wildman–Crippen MR) is 48.5 cm³/mol. The second kappa shape index (κ2) is 4.24. The fourth-order valence-electron chi connectivity index (χ4n) is 0.706. The predicted octanol–water partition coefficient (Wildman–Crippen LogP) is 0.769. The summed E-state index contributed by atoms with van der Waals surface area (Å²) in [7, 11) is 3.83. The Bertz CT molecular complexity index is 206. The topological polar surface area (TPSA) is 47.3 Å². The molecule has 0 unspecified atom stereocenters. The van der Waals surface area contributed by atoms with Crippen LogP contribution in [0.25, 0.3) is 0 Å². The first-order chi connectivity index (χ1) is 5.38. The van der Waals surface area contributed by atoms with E-state index in [1.54, 1.807) is 19.9 Å². The Morgan fingerprint density at radius 1 is 1.58 bits per heavy atom. The quantitative estimate of drug-likeness (QED) is 0.633.